The lowest BCUT2D eigenvalue weighted by molar-refractivity contribution is -0.123. The topological polar surface area (TPSA) is 120 Å². The van der Waals surface area contributed by atoms with Crippen LogP contribution in [-0.4, -0.2) is 38.7 Å². The zero-order valence-electron chi connectivity index (χ0n) is 13.8. The number of fused-ring (bicyclic) bond motifs is 1. The lowest BCUT2D eigenvalue weighted by Crippen LogP contribution is -2.05. The molecule has 9 nitrogen and oxygen atoms in total. The number of aromatic nitrogens is 3. The lowest BCUT2D eigenvalue weighted by Gasteiger charge is -2.09. The molecule has 12 heteroatoms. The smallest absolute Gasteiger partial charge is 0.387 e. The van der Waals surface area contributed by atoms with Gasteiger partial charge >= 0.3 is 6.61 Å². The van der Waals surface area contributed by atoms with Crippen molar-refractivity contribution < 1.29 is 36.8 Å². The summed E-state index contributed by atoms with van der Waals surface area (Å²) in [5.41, 5.74) is 0.823. The number of alkyl halides is 2. The van der Waals surface area contributed by atoms with E-state index >= 15 is 0 Å². The highest BCUT2D eigenvalue weighted by Crippen LogP contribution is 2.31. The first kappa shape index (κ1) is 19.4. The van der Waals surface area contributed by atoms with Gasteiger partial charge in [-0.25, -0.2) is 4.98 Å². The van der Waals surface area contributed by atoms with Gasteiger partial charge in [0.15, 0.2) is 16.7 Å². The summed E-state index contributed by atoms with van der Waals surface area (Å²) in [6.07, 6.45) is 1.29. The fraction of sp³-hybridized carbons (Fsp3) is 0.125. The van der Waals surface area contributed by atoms with Gasteiger partial charge in [-0.1, -0.05) is 0 Å². The van der Waals surface area contributed by atoms with E-state index in [0.29, 0.717) is 11.0 Å². The maximum absolute atomic E-state index is 12.6. The summed E-state index contributed by atoms with van der Waals surface area (Å²) in [6.45, 7) is -2.71. The quantitative estimate of drug-likeness (QED) is 0.531. The number of nitrogens with one attached hydrogen (secondary N) is 1. The number of halogens is 2. The summed E-state index contributed by atoms with van der Waals surface area (Å²) in [7, 11) is -1.77. The Balaban J connectivity index is 1.87. The van der Waals surface area contributed by atoms with Crippen LogP contribution < -0.4 is 14.2 Å². The minimum absolute atomic E-state index is 0.0461. The predicted molar refractivity (Wildman–Crippen MR) is 90.5 cm³/mol. The maximum Gasteiger partial charge on any atom is 0.387 e. The molecule has 0 radical (unpaired) electrons. The first-order chi connectivity index (χ1) is 13.5. The summed E-state index contributed by atoms with van der Waals surface area (Å²) < 4.78 is 51.1. The zero-order valence-corrected chi connectivity index (χ0v) is 14.7. The second-order valence-electron chi connectivity index (χ2n) is 5.10. The van der Waals surface area contributed by atoms with Crippen molar-refractivity contribution in [3.63, 3.8) is 0 Å². The van der Waals surface area contributed by atoms with E-state index < -0.39 is 17.4 Å². The second kappa shape index (κ2) is 8.52. The number of carbonyl (C=O) groups is 2. The first-order valence-electron chi connectivity index (χ1n) is 7.53. The molecular weight excluding hydrogens is 400 g/mol. The van der Waals surface area contributed by atoms with Crippen LogP contribution in [0, 0.1) is 0 Å². The summed E-state index contributed by atoms with van der Waals surface area (Å²) in [5, 5.41) is 0.0461. The number of carbonyl (C=O) groups excluding carboxylic acids is 2. The van der Waals surface area contributed by atoms with Gasteiger partial charge < -0.3 is 19.2 Å². The highest BCUT2D eigenvalue weighted by atomic mass is 32.2. The number of hydrogen-bond donors (Lipinski definition) is 1. The molecule has 1 aromatic carbocycles. The van der Waals surface area contributed by atoms with Crippen molar-refractivity contribution in [2.45, 2.75) is 17.5 Å². The summed E-state index contributed by atoms with van der Waals surface area (Å²) in [4.78, 5) is 32.2. The number of imidazole rings is 1. The van der Waals surface area contributed by atoms with Crippen molar-refractivity contribution >= 4 is 34.8 Å². The molecule has 0 amide bonds. The molecule has 3 rings (SSSR count). The molecule has 1 atom stereocenters. The highest BCUT2D eigenvalue weighted by molar-refractivity contribution is 7.84. The van der Waals surface area contributed by atoms with Crippen LogP contribution in [0.1, 0.15) is 5.69 Å². The van der Waals surface area contributed by atoms with Crippen molar-refractivity contribution in [1.29, 1.82) is 0 Å². The van der Waals surface area contributed by atoms with Crippen LogP contribution in [0.25, 0.3) is 11.0 Å². The molecule has 0 aliphatic rings. The van der Waals surface area contributed by atoms with E-state index in [1.54, 1.807) is 0 Å². The van der Waals surface area contributed by atoms with Crippen molar-refractivity contribution in [2.24, 2.45) is 0 Å². The Morgan fingerprint density at radius 3 is 2.68 bits per heavy atom. The molecule has 3 aromatic rings. The van der Waals surface area contributed by atoms with Crippen LogP contribution in [0.4, 0.5) is 8.78 Å². The fourth-order valence-corrected chi connectivity index (χ4v) is 3.35. The third kappa shape index (κ3) is 4.28. The van der Waals surface area contributed by atoms with Gasteiger partial charge in [-0.2, -0.15) is 8.78 Å². The maximum atomic E-state index is 12.6. The van der Waals surface area contributed by atoms with Crippen molar-refractivity contribution in [2.75, 3.05) is 0 Å². The first-order valence-corrected chi connectivity index (χ1v) is 8.85. The monoisotopic (exact) mass is 411 g/mol. The fourth-order valence-electron chi connectivity index (χ4n) is 2.33. The Morgan fingerprint density at radius 1 is 1.18 bits per heavy atom. The second-order valence-corrected chi connectivity index (χ2v) is 6.47. The van der Waals surface area contributed by atoms with Crippen LogP contribution in [0.5, 0.6) is 17.2 Å². The zero-order chi connectivity index (χ0) is 20.1. The minimum atomic E-state index is -2.97. The average Bonchev–Trinajstić information content (AvgIpc) is 3.07. The van der Waals surface area contributed by atoms with Gasteiger partial charge in [0.25, 0.3) is 12.9 Å². The molecule has 0 bridgehead atoms. The molecule has 0 aliphatic heterocycles. The Kier molecular flexibility index (Phi) is 5.89. The number of aromatic amines is 1. The number of nitrogens with zero attached hydrogens (tertiary/aromatic N) is 2. The third-order valence-corrected chi connectivity index (χ3v) is 4.58. The van der Waals surface area contributed by atoms with Gasteiger partial charge in [0, 0.05) is 18.3 Å². The Labute approximate surface area is 158 Å². The number of pyridine rings is 1. The van der Waals surface area contributed by atoms with Crippen LogP contribution in [0.15, 0.2) is 35.6 Å². The number of benzene rings is 1. The van der Waals surface area contributed by atoms with Gasteiger partial charge in [-0.05, 0) is 12.1 Å². The Bertz CT molecular complexity index is 1040. The molecule has 0 saturated carbocycles. The van der Waals surface area contributed by atoms with Crippen LogP contribution in [0.2, 0.25) is 0 Å². The number of hydrogen-bond acceptors (Lipinski definition) is 8. The summed E-state index contributed by atoms with van der Waals surface area (Å²) in [5.74, 6) is -0.519. The predicted octanol–water partition coefficient (Wildman–Crippen LogP) is 1.94. The van der Waals surface area contributed by atoms with Gasteiger partial charge in [0.05, 0.1) is 33.3 Å². The van der Waals surface area contributed by atoms with Crippen LogP contribution in [-0.2, 0) is 26.1 Å². The van der Waals surface area contributed by atoms with Crippen LogP contribution in [0.3, 0.4) is 0 Å². The largest absolute Gasteiger partial charge is 0.435 e. The summed E-state index contributed by atoms with van der Waals surface area (Å²) >= 11 is 0. The molecule has 1 N–H and O–H groups in total. The molecule has 0 saturated heterocycles. The van der Waals surface area contributed by atoms with E-state index in [1.165, 1.54) is 30.5 Å². The molecule has 146 valence electrons. The van der Waals surface area contributed by atoms with E-state index in [1.807, 2.05) is 0 Å². The van der Waals surface area contributed by atoms with E-state index in [-0.39, 0.29) is 46.8 Å². The van der Waals surface area contributed by atoms with E-state index in [2.05, 4.69) is 19.7 Å². The Morgan fingerprint density at radius 2 is 1.96 bits per heavy atom. The molecule has 0 spiro atoms. The van der Waals surface area contributed by atoms with Gasteiger partial charge in [0.2, 0.25) is 0 Å². The molecular formula is C16H11F2N3O6S. The van der Waals surface area contributed by atoms with Crippen molar-refractivity contribution in [1.82, 2.24) is 15.0 Å². The van der Waals surface area contributed by atoms with Crippen molar-refractivity contribution in [3.05, 3.63) is 36.2 Å². The van der Waals surface area contributed by atoms with E-state index in [9.17, 15) is 22.6 Å². The van der Waals surface area contributed by atoms with E-state index in [0.717, 1.165) is 0 Å². The third-order valence-electron chi connectivity index (χ3n) is 3.42. The average molecular weight is 411 g/mol. The highest BCUT2D eigenvalue weighted by Gasteiger charge is 2.19. The SMILES string of the molecule is O=COc1ccnc(CS(=O)c2nc3ccc(OC(F)F)cc3[nH]2)c1OC=O. The molecule has 0 fully saturated rings. The van der Waals surface area contributed by atoms with Gasteiger partial charge in [-0.15, -0.1) is 0 Å². The number of H-pyrrole nitrogens is 1. The normalized spacial score (nSPS) is 12.0. The molecule has 2 heterocycles. The number of ether oxygens (including phenoxy) is 3. The molecule has 0 aliphatic carbocycles. The lowest BCUT2D eigenvalue weighted by atomic mass is 10.3. The van der Waals surface area contributed by atoms with Crippen LogP contribution >= 0.6 is 0 Å². The van der Waals surface area contributed by atoms with Crippen molar-refractivity contribution in [3.8, 4) is 17.2 Å². The van der Waals surface area contributed by atoms with E-state index in [4.69, 9.17) is 9.47 Å². The minimum Gasteiger partial charge on any atom is -0.435 e. The molecule has 2 aromatic heterocycles. The standard InChI is InChI=1S/C16H11F2N3O6S/c17-15(18)27-9-1-2-10-11(5-9)21-16(20-10)28(24)6-12-14(26-8-23)13(25-7-22)3-4-19-12/h1-5,7-8,15H,6H2,(H,20,21). The molecule has 1 unspecified atom stereocenters. The van der Waals surface area contributed by atoms with Gasteiger partial charge in [0.1, 0.15) is 5.75 Å². The molecule has 28 heavy (non-hydrogen) atoms. The Hall–Kier alpha value is -3.41. The number of rotatable bonds is 9. The summed E-state index contributed by atoms with van der Waals surface area (Å²) in [6, 6.07) is 5.33. The van der Waals surface area contributed by atoms with Gasteiger partial charge in [-0.3, -0.25) is 18.8 Å².